The highest BCUT2D eigenvalue weighted by atomic mass is 79.9. The number of hydrogen-bond donors (Lipinski definition) is 1. The second-order valence-corrected chi connectivity index (χ2v) is 6.63. The van der Waals surface area contributed by atoms with Crippen LogP contribution in [0.15, 0.2) is 22.7 Å². The van der Waals surface area contributed by atoms with Crippen LogP contribution in [-0.2, 0) is 6.54 Å². The Bertz CT molecular complexity index is 392. The van der Waals surface area contributed by atoms with E-state index in [1.165, 1.54) is 25.2 Å². The van der Waals surface area contributed by atoms with Crippen LogP contribution >= 0.6 is 15.9 Å². The number of halogens is 1. The molecule has 0 bridgehead atoms. The van der Waals surface area contributed by atoms with Crippen LogP contribution in [0.5, 0.6) is 0 Å². The first-order valence-electron chi connectivity index (χ1n) is 7.04. The van der Waals surface area contributed by atoms with Crippen molar-refractivity contribution in [2.24, 2.45) is 5.92 Å². The molecule has 106 valence electrons. The lowest BCUT2D eigenvalue weighted by molar-refractivity contribution is 0.117. The van der Waals surface area contributed by atoms with Gasteiger partial charge in [-0.15, -0.1) is 0 Å². The average Bonchev–Trinajstić information content (AvgIpc) is 2.35. The number of nitrogens with two attached hydrogens (primary N) is 1. The lowest BCUT2D eigenvalue weighted by Gasteiger charge is -2.35. The number of piperazine rings is 1. The van der Waals surface area contributed by atoms with Gasteiger partial charge in [0.2, 0.25) is 0 Å². The minimum absolute atomic E-state index is 0.755. The maximum absolute atomic E-state index is 6.06. The lowest BCUT2D eigenvalue weighted by Crippen LogP contribution is -2.46. The van der Waals surface area contributed by atoms with Gasteiger partial charge in [-0.3, -0.25) is 4.90 Å². The summed E-state index contributed by atoms with van der Waals surface area (Å²) < 4.78 is 1.12. The van der Waals surface area contributed by atoms with E-state index in [2.05, 4.69) is 45.6 Å². The fourth-order valence-corrected chi connectivity index (χ4v) is 3.12. The van der Waals surface area contributed by atoms with Gasteiger partial charge in [-0.25, -0.2) is 0 Å². The molecule has 1 aliphatic heterocycles. The van der Waals surface area contributed by atoms with Crippen LogP contribution in [0.25, 0.3) is 0 Å². The molecule has 0 atom stereocenters. The molecule has 0 saturated carbocycles. The van der Waals surface area contributed by atoms with Gasteiger partial charge in [0.1, 0.15) is 0 Å². The summed E-state index contributed by atoms with van der Waals surface area (Å²) in [6.45, 7) is 11.3. The van der Waals surface area contributed by atoms with E-state index >= 15 is 0 Å². The van der Waals surface area contributed by atoms with Crippen LogP contribution in [0.4, 0.5) is 5.69 Å². The average molecular weight is 326 g/mol. The predicted octanol–water partition coefficient (Wildman–Crippen LogP) is 2.80. The van der Waals surface area contributed by atoms with Gasteiger partial charge in [-0.1, -0.05) is 35.8 Å². The zero-order valence-electron chi connectivity index (χ0n) is 11.9. The SMILES string of the molecule is CC(C)CN1CCN(Cc2c(N)cccc2Br)CC1. The normalized spacial score (nSPS) is 18.1. The van der Waals surface area contributed by atoms with Crippen LogP contribution in [-0.4, -0.2) is 42.5 Å². The number of nitrogen functional groups attached to an aromatic ring is 1. The third kappa shape index (κ3) is 4.20. The van der Waals surface area contributed by atoms with E-state index < -0.39 is 0 Å². The van der Waals surface area contributed by atoms with E-state index in [0.29, 0.717) is 0 Å². The molecule has 4 heteroatoms. The van der Waals surface area contributed by atoms with Crippen molar-refractivity contribution in [2.45, 2.75) is 20.4 Å². The molecule has 19 heavy (non-hydrogen) atoms. The molecule has 1 saturated heterocycles. The summed E-state index contributed by atoms with van der Waals surface area (Å²) in [4.78, 5) is 5.05. The maximum atomic E-state index is 6.06. The van der Waals surface area contributed by atoms with Gasteiger partial charge in [-0.2, -0.15) is 0 Å². The number of nitrogens with zero attached hydrogens (tertiary/aromatic N) is 2. The zero-order chi connectivity index (χ0) is 13.8. The van der Waals surface area contributed by atoms with Crippen molar-refractivity contribution in [3.63, 3.8) is 0 Å². The van der Waals surface area contributed by atoms with Crippen molar-refractivity contribution in [3.05, 3.63) is 28.2 Å². The first kappa shape index (κ1) is 14.8. The third-order valence-corrected chi connectivity index (χ3v) is 4.37. The van der Waals surface area contributed by atoms with E-state index in [-0.39, 0.29) is 0 Å². The van der Waals surface area contributed by atoms with Gasteiger partial charge < -0.3 is 10.6 Å². The van der Waals surface area contributed by atoms with Crippen LogP contribution in [0.2, 0.25) is 0 Å². The van der Waals surface area contributed by atoms with Crippen molar-refractivity contribution in [1.82, 2.24) is 9.80 Å². The lowest BCUT2D eigenvalue weighted by atomic mass is 10.1. The first-order valence-corrected chi connectivity index (χ1v) is 7.83. The minimum Gasteiger partial charge on any atom is -0.398 e. The van der Waals surface area contributed by atoms with Gasteiger partial charge >= 0.3 is 0 Å². The van der Waals surface area contributed by atoms with E-state index in [0.717, 1.165) is 35.7 Å². The molecule has 0 spiro atoms. The highest BCUT2D eigenvalue weighted by molar-refractivity contribution is 9.10. The summed E-state index contributed by atoms with van der Waals surface area (Å²) in [5.41, 5.74) is 8.17. The summed E-state index contributed by atoms with van der Waals surface area (Å²) in [5.74, 6) is 0.755. The van der Waals surface area contributed by atoms with Crippen LogP contribution < -0.4 is 5.73 Å². The first-order chi connectivity index (χ1) is 9.06. The van der Waals surface area contributed by atoms with Gasteiger partial charge in [-0.05, 0) is 18.1 Å². The molecule has 1 fully saturated rings. The molecule has 0 aromatic heterocycles. The second kappa shape index (κ2) is 6.73. The Hall–Kier alpha value is -0.580. The standard InChI is InChI=1S/C15H24BrN3/c1-12(2)10-18-6-8-19(9-7-18)11-13-14(16)4-3-5-15(13)17/h3-5,12H,6-11,17H2,1-2H3. The van der Waals surface area contributed by atoms with Crippen molar-refractivity contribution >= 4 is 21.6 Å². The Balaban J connectivity index is 1.89. The van der Waals surface area contributed by atoms with Gasteiger partial charge in [0, 0.05) is 55.0 Å². The monoisotopic (exact) mass is 325 g/mol. The third-order valence-electron chi connectivity index (χ3n) is 3.63. The molecule has 2 rings (SSSR count). The molecule has 1 aromatic rings. The number of benzene rings is 1. The Labute approximate surface area is 124 Å². The zero-order valence-corrected chi connectivity index (χ0v) is 13.5. The van der Waals surface area contributed by atoms with Crippen LogP contribution in [0.3, 0.4) is 0 Å². The molecule has 0 amide bonds. The largest absolute Gasteiger partial charge is 0.398 e. The number of hydrogen-bond acceptors (Lipinski definition) is 3. The van der Waals surface area contributed by atoms with Gasteiger partial charge in [0.05, 0.1) is 0 Å². The van der Waals surface area contributed by atoms with Crippen molar-refractivity contribution in [2.75, 3.05) is 38.5 Å². The Morgan fingerprint density at radius 1 is 1.16 bits per heavy atom. The van der Waals surface area contributed by atoms with Crippen LogP contribution in [0, 0.1) is 5.92 Å². The molecule has 0 aliphatic carbocycles. The van der Waals surface area contributed by atoms with Crippen LogP contribution in [0.1, 0.15) is 19.4 Å². The summed E-state index contributed by atoms with van der Waals surface area (Å²) >= 11 is 3.60. The molecule has 1 aliphatic rings. The van der Waals surface area contributed by atoms with Crippen molar-refractivity contribution in [1.29, 1.82) is 0 Å². The molecule has 1 heterocycles. The Morgan fingerprint density at radius 3 is 2.37 bits per heavy atom. The Morgan fingerprint density at radius 2 is 1.79 bits per heavy atom. The van der Waals surface area contributed by atoms with E-state index in [9.17, 15) is 0 Å². The molecule has 0 radical (unpaired) electrons. The number of rotatable bonds is 4. The number of anilines is 1. The maximum Gasteiger partial charge on any atom is 0.0371 e. The summed E-state index contributed by atoms with van der Waals surface area (Å²) in [6, 6.07) is 6.04. The minimum atomic E-state index is 0.755. The quantitative estimate of drug-likeness (QED) is 0.864. The smallest absolute Gasteiger partial charge is 0.0371 e. The summed E-state index contributed by atoms with van der Waals surface area (Å²) in [7, 11) is 0. The molecular formula is C15H24BrN3. The highest BCUT2D eigenvalue weighted by Crippen LogP contribution is 2.24. The molecule has 3 nitrogen and oxygen atoms in total. The molecular weight excluding hydrogens is 302 g/mol. The highest BCUT2D eigenvalue weighted by Gasteiger charge is 2.18. The molecule has 1 aromatic carbocycles. The van der Waals surface area contributed by atoms with E-state index in [1.807, 2.05) is 12.1 Å². The van der Waals surface area contributed by atoms with Gasteiger partial charge in [0.15, 0.2) is 0 Å². The van der Waals surface area contributed by atoms with Gasteiger partial charge in [0.25, 0.3) is 0 Å². The summed E-state index contributed by atoms with van der Waals surface area (Å²) in [5, 5.41) is 0. The second-order valence-electron chi connectivity index (χ2n) is 5.78. The van der Waals surface area contributed by atoms with E-state index in [4.69, 9.17) is 5.73 Å². The fraction of sp³-hybridized carbons (Fsp3) is 0.600. The van der Waals surface area contributed by atoms with Crippen molar-refractivity contribution < 1.29 is 0 Å². The summed E-state index contributed by atoms with van der Waals surface area (Å²) in [6.07, 6.45) is 0. The molecule has 2 N–H and O–H groups in total. The van der Waals surface area contributed by atoms with Crippen molar-refractivity contribution in [3.8, 4) is 0 Å². The predicted molar refractivity (Wildman–Crippen MR) is 85.1 cm³/mol. The Kier molecular flexibility index (Phi) is 5.25. The topological polar surface area (TPSA) is 32.5 Å². The fourth-order valence-electron chi connectivity index (χ4n) is 2.61. The van der Waals surface area contributed by atoms with E-state index in [1.54, 1.807) is 0 Å². The molecule has 0 unspecified atom stereocenters.